The Morgan fingerprint density at radius 1 is 1.50 bits per heavy atom. The number of rotatable bonds is 5. The zero-order valence-corrected chi connectivity index (χ0v) is 13.4. The van der Waals surface area contributed by atoms with E-state index in [-0.39, 0.29) is 16.2 Å². The molecule has 1 aromatic carbocycles. The third-order valence-electron chi connectivity index (χ3n) is 3.13. The van der Waals surface area contributed by atoms with Crippen molar-refractivity contribution in [2.24, 2.45) is 11.0 Å². The third-order valence-corrected chi connectivity index (χ3v) is 4.01. The van der Waals surface area contributed by atoms with Crippen LogP contribution in [0, 0.1) is 16.0 Å². The van der Waals surface area contributed by atoms with Gasteiger partial charge < -0.3 is 5.32 Å². The zero-order chi connectivity index (χ0) is 16.3. The molecule has 1 aromatic rings. The molecular formula is C14H18N4O3S. The van der Waals surface area contributed by atoms with Crippen LogP contribution in [-0.2, 0) is 0 Å². The fraction of sp³-hybridized carbons (Fsp3) is 0.429. The number of carbonyl (C=O) groups is 1. The Kier molecular flexibility index (Phi) is 5.02. The van der Waals surface area contributed by atoms with E-state index in [1.807, 2.05) is 20.8 Å². The summed E-state index contributed by atoms with van der Waals surface area (Å²) in [5.41, 5.74) is 4.16. The van der Waals surface area contributed by atoms with Gasteiger partial charge in [0.05, 0.1) is 15.9 Å². The van der Waals surface area contributed by atoms with E-state index in [4.69, 9.17) is 0 Å². The third kappa shape index (κ3) is 3.76. The van der Waals surface area contributed by atoms with Crippen molar-refractivity contribution in [1.29, 1.82) is 0 Å². The van der Waals surface area contributed by atoms with Crippen molar-refractivity contribution in [1.82, 2.24) is 5.43 Å². The number of amides is 1. The summed E-state index contributed by atoms with van der Waals surface area (Å²) >= 11 is 1.11. The van der Waals surface area contributed by atoms with E-state index in [2.05, 4.69) is 15.8 Å². The number of benzene rings is 1. The highest BCUT2D eigenvalue weighted by Crippen LogP contribution is 2.29. The maximum absolute atomic E-state index is 11.3. The van der Waals surface area contributed by atoms with Crippen LogP contribution in [0.4, 0.5) is 16.2 Å². The van der Waals surface area contributed by atoms with Crippen molar-refractivity contribution in [2.75, 3.05) is 11.9 Å². The van der Waals surface area contributed by atoms with Gasteiger partial charge in [0.2, 0.25) is 0 Å². The van der Waals surface area contributed by atoms with Gasteiger partial charge >= 0.3 is 0 Å². The van der Waals surface area contributed by atoms with Gasteiger partial charge in [-0.3, -0.25) is 14.9 Å². The summed E-state index contributed by atoms with van der Waals surface area (Å²) in [4.78, 5) is 22.1. The Balaban J connectivity index is 2.33. The lowest BCUT2D eigenvalue weighted by Crippen LogP contribution is -2.29. The molecule has 1 aliphatic heterocycles. The lowest BCUT2D eigenvalue weighted by Gasteiger charge is -2.18. The van der Waals surface area contributed by atoms with Crippen LogP contribution in [0.2, 0.25) is 0 Å². The Hall–Kier alpha value is -2.09. The minimum Gasteiger partial charge on any atom is -0.379 e. The molecule has 1 aliphatic rings. The molecule has 118 valence electrons. The molecule has 0 aromatic heterocycles. The van der Waals surface area contributed by atoms with Crippen LogP contribution in [0.5, 0.6) is 0 Å². The van der Waals surface area contributed by atoms with Crippen molar-refractivity contribution in [3.05, 3.63) is 33.9 Å². The molecule has 1 amide bonds. The molecule has 7 nitrogen and oxygen atoms in total. The number of hydrogen-bond acceptors (Lipinski definition) is 6. The van der Waals surface area contributed by atoms with E-state index in [1.165, 1.54) is 6.07 Å². The van der Waals surface area contributed by atoms with Crippen LogP contribution in [0.1, 0.15) is 26.3 Å². The van der Waals surface area contributed by atoms with Crippen molar-refractivity contribution >= 4 is 34.1 Å². The predicted molar refractivity (Wildman–Crippen MR) is 88.5 cm³/mol. The molecule has 0 saturated heterocycles. The number of hydrazone groups is 1. The van der Waals surface area contributed by atoms with Gasteiger partial charge in [0.25, 0.3) is 10.9 Å². The molecule has 2 rings (SSSR count). The van der Waals surface area contributed by atoms with Gasteiger partial charge in [-0.25, -0.2) is 5.43 Å². The normalized spacial score (nSPS) is 17.9. The highest BCUT2D eigenvalue weighted by Gasteiger charge is 2.25. The lowest BCUT2D eigenvalue weighted by atomic mass is 10.1. The minimum atomic E-state index is -0.411. The smallest absolute Gasteiger partial charge is 0.299 e. The van der Waals surface area contributed by atoms with Gasteiger partial charge in [-0.1, -0.05) is 31.7 Å². The second kappa shape index (κ2) is 6.78. The molecule has 22 heavy (non-hydrogen) atoms. The quantitative estimate of drug-likeness (QED) is 0.641. The second-order valence-electron chi connectivity index (χ2n) is 5.42. The van der Waals surface area contributed by atoms with E-state index in [9.17, 15) is 14.9 Å². The topological polar surface area (TPSA) is 96.6 Å². The number of nitro groups is 1. The standard InChI is InChI=1S/C14H18N4O3S/c1-8(2)7-15-11-5-4-10(6-12(11)18(20)21)13-9(3)22-14(19)17-16-13/h4-6,8-9,15H,7H2,1-3H3,(H,17,19). The molecule has 2 N–H and O–H groups in total. The Morgan fingerprint density at radius 2 is 2.23 bits per heavy atom. The average molecular weight is 322 g/mol. The first-order chi connectivity index (χ1) is 10.4. The number of nitrogens with one attached hydrogen (secondary N) is 2. The molecule has 0 radical (unpaired) electrons. The summed E-state index contributed by atoms with van der Waals surface area (Å²) in [7, 11) is 0. The maximum Gasteiger partial charge on any atom is 0.299 e. The molecule has 0 spiro atoms. The largest absolute Gasteiger partial charge is 0.379 e. The molecule has 0 fully saturated rings. The van der Waals surface area contributed by atoms with Crippen LogP contribution in [0.15, 0.2) is 23.3 Å². The van der Waals surface area contributed by atoms with Gasteiger partial charge in [-0.2, -0.15) is 5.10 Å². The van der Waals surface area contributed by atoms with Crippen LogP contribution < -0.4 is 10.7 Å². The first-order valence-corrected chi connectivity index (χ1v) is 7.83. The van der Waals surface area contributed by atoms with Crippen LogP contribution in [0.3, 0.4) is 0 Å². The number of hydrogen-bond donors (Lipinski definition) is 2. The number of nitro benzene ring substituents is 1. The summed E-state index contributed by atoms with van der Waals surface area (Å²) in [5.74, 6) is 0.383. The summed E-state index contributed by atoms with van der Waals surface area (Å²) in [5, 5.41) is 18.0. The second-order valence-corrected chi connectivity index (χ2v) is 6.73. The minimum absolute atomic E-state index is 0.00921. The highest BCUT2D eigenvalue weighted by atomic mass is 32.2. The molecule has 0 bridgehead atoms. The molecule has 0 saturated carbocycles. The van der Waals surface area contributed by atoms with E-state index in [0.717, 1.165) is 11.8 Å². The molecule has 1 atom stereocenters. The molecule has 1 unspecified atom stereocenters. The Morgan fingerprint density at radius 3 is 2.82 bits per heavy atom. The summed E-state index contributed by atoms with van der Waals surface area (Å²) < 4.78 is 0. The summed E-state index contributed by atoms with van der Waals surface area (Å²) in [6.45, 7) is 6.57. The SMILES string of the molecule is CC(C)CNc1ccc(C2=NNC(=O)SC2C)cc1[N+](=O)[O-]. The van der Waals surface area contributed by atoms with Gasteiger partial charge in [0.15, 0.2) is 0 Å². The first kappa shape index (κ1) is 16.3. The van der Waals surface area contributed by atoms with E-state index < -0.39 is 4.92 Å². The van der Waals surface area contributed by atoms with Crippen molar-refractivity contribution < 1.29 is 9.72 Å². The highest BCUT2D eigenvalue weighted by molar-refractivity contribution is 8.14. The monoisotopic (exact) mass is 322 g/mol. The fourth-order valence-electron chi connectivity index (χ4n) is 2.04. The zero-order valence-electron chi connectivity index (χ0n) is 12.6. The molecule has 1 heterocycles. The van der Waals surface area contributed by atoms with Crippen molar-refractivity contribution in [3.8, 4) is 0 Å². The molecular weight excluding hydrogens is 304 g/mol. The number of anilines is 1. The van der Waals surface area contributed by atoms with Crippen LogP contribution in [-0.4, -0.2) is 27.7 Å². The number of carbonyl (C=O) groups excluding carboxylic acids is 1. The number of nitrogens with zero attached hydrogens (tertiary/aromatic N) is 2. The van der Waals surface area contributed by atoms with Crippen LogP contribution in [0.25, 0.3) is 0 Å². The summed E-state index contributed by atoms with van der Waals surface area (Å²) in [6, 6.07) is 4.96. The van der Waals surface area contributed by atoms with Crippen LogP contribution >= 0.6 is 11.8 Å². The lowest BCUT2D eigenvalue weighted by molar-refractivity contribution is -0.384. The predicted octanol–water partition coefficient (Wildman–Crippen LogP) is 3.21. The average Bonchev–Trinajstić information content (AvgIpc) is 2.45. The van der Waals surface area contributed by atoms with Gasteiger partial charge in [0.1, 0.15) is 5.69 Å². The number of thioether (sulfide) groups is 1. The summed E-state index contributed by atoms with van der Waals surface area (Å²) in [6.07, 6.45) is 0. The van der Waals surface area contributed by atoms with Gasteiger partial charge in [-0.15, -0.1) is 0 Å². The van der Waals surface area contributed by atoms with Crippen molar-refractivity contribution in [3.63, 3.8) is 0 Å². The van der Waals surface area contributed by atoms with E-state index in [0.29, 0.717) is 29.4 Å². The van der Waals surface area contributed by atoms with Gasteiger partial charge in [0, 0.05) is 18.2 Å². The van der Waals surface area contributed by atoms with E-state index >= 15 is 0 Å². The Bertz CT molecular complexity index is 631. The molecule has 8 heteroatoms. The fourth-order valence-corrected chi connectivity index (χ4v) is 2.76. The van der Waals surface area contributed by atoms with Gasteiger partial charge in [-0.05, 0) is 18.9 Å². The Labute approximate surface area is 132 Å². The molecule has 0 aliphatic carbocycles. The van der Waals surface area contributed by atoms with Crippen molar-refractivity contribution in [2.45, 2.75) is 26.0 Å². The first-order valence-electron chi connectivity index (χ1n) is 6.95. The van der Waals surface area contributed by atoms with E-state index in [1.54, 1.807) is 12.1 Å². The maximum atomic E-state index is 11.3.